The number of aryl methyl sites for hydroxylation is 3. The summed E-state index contributed by atoms with van der Waals surface area (Å²) in [5.74, 6) is 0.0563. The van der Waals surface area contributed by atoms with Crippen LogP contribution in [-0.2, 0) is 0 Å². The largest absolute Gasteiger partial charge is 0.289 e. The summed E-state index contributed by atoms with van der Waals surface area (Å²) in [6.07, 6.45) is 3.54. The first kappa shape index (κ1) is 13.3. The molecule has 96 valence electrons. The first-order valence-corrected chi connectivity index (χ1v) is 6.43. The lowest BCUT2D eigenvalue weighted by Gasteiger charge is -2.03. The molecule has 0 aliphatic carbocycles. The van der Waals surface area contributed by atoms with Gasteiger partial charge in [-0.05, 0) is 43.5 Å². The van der Waals surface area contributed by atoms with E-state index in [1.807, 2.05) is 69.3 Å². The summed E-state index contributed by atoms with van der Waals surface area (Å²) in [5.41, 5.74) is 5.24. The first-order chi connectivity index (χ1) is 9.08. The molecule has 0 amide bonds. The molecule has 0 unspecified atom stereocenters. The molecule has 0 atom stereocenters. The Labute approximate surface area is 114 Å². The van der Waals surface area contributed by atoms with Crippen LogP contribution in [0.2, 0.25) is 0 Å². The second-order valence-electron chi connectivity index (χ2n) is 4.87. The molecule has 1 nitrogen and oxygen atoms in total. The third kappa shape index (κ3) is 3.19. The Bertz CT molecular complexity index is 636. The van der Waals surface area contributed by atoms with E-state index in [4.69, 9.17) is 0 Å². The lowest BCUT2D eigenvalue weighted by Crippen LogP contribution is -1.98. The second kappa shape index (κ2) is 5.66. The molecule has 0 aromatic heterocycles. The van der Waals surface area contributed by atoms with Crippen molar-refractivity contribution in [2.75, 3.05) is 0 Å². The van der Waals surface area contributed by atoms with Gasteiger partial charge in [0.15, 0.2) is 5.78 Å². The number of ketones is 1. The molecule has 0 N–H and O–H groups in total. The van der Waals surface area contributed by atoms with E-state index < -0.39 is 0 Å². The van der Waals surface area contributed by atoms with Gasteiger partial charge in [0, 0.05) is 5.56 Å². The van der Waals surface area contributed by atoms with E-state index in [0.29, 0.717) is 0 Å². The van der Waals surface area contributed by atoms with Crippen molar-refractivity contribution in [1.82, 2.24) is 0 Å². The van der Waals surface area contributed by atoms with Gasteiger partial charge < -0.3 is 0 Å². The molecule has 1 heteroatoms. The fourth-order valence-electron chi connectivity index (χ4n) is 2.12. The normalized spacial score (nSPS) is 10.9. The van der Waals surface area contributed by atoms with Crippen LogP contribution in [0.4, 0.5) is 0 Å². The lowest BCUT2D eigenvalue weighted by molar-refractivity contribution is 0.104. The van der Waals surface area contributed by atoms with E-state index >= 15 is 0 Å². The van der Waals surface area contributed by atoms with Crippen LogP contribution < -0.4 is 0 Å². The summed E-state index contributed by atoms with van der Waals surface area (Å²) >= 11 is 0. The average molecular weight is 250 g/mol. The molecule has 0 saturated carbocycles. The molecule has 0 aliphatic heterocycles. The number of carbonyl (C=O) groups excluding carboxylic acids is 1. The van der Waals surface area contributed by atoms with Crippen molar-refractivity contribution in [2.45, 2.75) is 20.8 Å². The van der Waals surface area contributed by atoms with Gasteiger partial charge in [-0.2, -0.15) is 0 Å². The van der Waals surface area contributed by atoms with Crippen molar-refractivity contribution in [3.05, 3.63) is 76.4 Å². The average Bonchev–Trinajstić information content (AvgIpc) is 2.37. The van der Waals surface area contributed by atoms with E-state index in [1.54, 1.807) is 6.08 Å². The van der Waals surface area contributed by atoms with Crippen LogP contribution in [-0.4, -0.2) is 5.78 Å². The first-order valence-electron chi connectivity index (χ1n) is 6.43. The maximum atomic E-state index is 12.2. The van der Waals surface area contributed by atoms with Gasteiger partial charge in [-0.15, -0.1) is 0 Å². The van der Waals surface area contributed by atoms with Gasteiger partial charge >= 0.3 is 0 Å². The maximum absolute atomic E-state index is 12.2. The number of allylic oxidation sites excluding steroid dienone is 1. The second-order valence-corrected chi connectivity index (χ2v) is 4.87. The van der Waals surface area contributed by atoms with Gasteiger partial charge in [0.1, 0.15) is 0 Å². The zero-order valence-corrected chi connectivity index (χ0v) is 11.6. The fraction of sp³-hybridized carbons (Fsp3) is 0.167. The van der Waals surface area contributed by atoms with Crippen molar-refractivity contribution in [3.8, 4) is 0 Å². The molecule has 2 aromatic rings. The van der Waals surface area contributed by atoms with E-state index in [1.165, 1.54) is 11.1 Å². The van der Waals surface area contributed by atoms with Gasteiger partial charge in [0.05, 0.1) is 0 Å². The number of hydrogen-bond acceptors (Lipinski definition) is 1. The van der Waals surface area contributed by atoms with Gasteiger partial charge in [0.25, 0.3) is 0 Å². The summed E-state index contributed by atoms with van der Waals surface area (Å²) in [7, 11) is 0. The summed E-state index contributed by atoms with van der Waals surface area (Å²) < 4.78 is 0. The Morgan fingerprint density at radius 2 is 1.68 bits per heavy atom. The zero-order chi connectivity index (χ0) is 13.8. The maximum Gasteiger partial charge on any atom is 0.186 e. The van der Waals surface area contributed by atoms with Crippen LogP contribution in [0.5, 0.6) is 0 Å². The van der Waals surface area contributed by atoms with Crippen LogP contribution in [0.3, 0.4) is 0 Å². The molecule has 0 radical (unpaired) electrons. The Hall–Kier alpha value is -2.15. The number of benzene rings is 2. The molecule has 0 saturated heterocycles. The molecule has 2 rings (SSSR count). The molecule has 19 heavy (non-hydrogen) atoms. The van der Waals surface area contributed by atoms with Crippen molar-refractivity contribution in [1.29, 1.82) is 0 Å². The predicted octanol–water partition coefficient (Wildman–Crippen LogP) is 4.51. The Kier molecular flexibility index (Phi) is 3.96. The highest BCUT2D eigenvalue weighted by atomic mass is 16.1. The van der Waals surface area contributed by atoms with Gasteiger partial charge in [-0.25, -0.2) is 0 Å². The highest BCUT2D eigenvalue weighted by Gasteiger charge is 2.05. The number of rotatable bonds is 3. The van der Waals surface area contributed by atoms with Crippen LogP contribution in [0.1, 0.15) is 32.6 Å². The van der Waals surface area contributed by atoms with Gasteiger partial charge in [0.2, 0.25) is 0 Å². The number of carbonyl (C=O) groups is 1. The highest BCUT2D eigenvalue weighted by Crippen LogP contribution is 2.14. The summed E-state index contributed by atoms with van der Waals surface area (Å²) in [6, 6.07) is 13.9. The summed E-state index contributed by atoms with van der Waals surface area (Å²) in [5, 5.41) is 0. The molecule has 2 aromatic carbocycles. The third-order valence-corrected chi connectivity index (χ3v) is 3.25. The summed E-state index contributed by atoms with van der Waals surface area (Å²) in [6.45, 7) is 6.05. The molecular formula is C18H18O. The van der Waals surface area contributed by atoms with Crippen LogP contribution in [0.15, 0.2) is 48.5 Å². The van der Waals surface area contributed by atoms with E-state index in [0.717, 1.165) is 16.7 Å². The monoisotopic (exact) mass is 250 g/mol. The fourth-order valence-corrected chi connectivity index (χ4v) is 2.12. The minimum Gasteiger partial charge on any atom is -0.289 e. The van der Waals surface area contributed by atoms with Gasteiger partial charge in [-0.3, -0.25) is 4.79 Å². The van der Waals surface area contributed by atoms with Crippen molar-refractivity contribution in [3.63, 3.8) is 0 Å². The molecule has 0 aliphatic rings. The molecule has 0 fully saturated rings. The minimum absolute atomic E-state index is 0.0563. The van der Waals surface area contributed by atoms with Crippen LogP contribution in [0.25, 0.3) is 6.08 Å². The Morgan fingerprint density at radius 1 is 0.947 bits per heavy atom. The highest BCUT2D eigenvalue weighted by molar-refractivity contribution is 6.07. The topological polar surface area (TPSA) is 17.1 Å². The van der Waals surface area contributed by atoms with Gasteiger partial charge in [-0.1, -0.05) is 54.1 Å². The van der Waals surface area contributed by atoms with Crippen molar-refractivity contribution in [2.24, 2.45) is 0 Å². The number of hydrogen-bond donors (Lipinski definition) is 0. The third-order valence-electron chi connectivity index (χ3n) is 3.25. The van der Waals surface area contributed by atoms with E-state index in [-0.39, 0.29) is 5.78 Å². The molecule has 0 heterocycles. The van der Waals surface area contributed by atoms with Crippen molar-refractivity contribution >= 4 is 11.9 Å². The standard InChI is InChI=1S/C18H18O/c1-13-8-10-17(15(3)12-13)18(19)11-9-16-7-5-4-6-14(16)2/h4-12H,1-3H3/b11-9+. The summed E-state index contributed by atoms with van der Waals surface area (Å²) in [4.78, 5) is 12.2. The molecule has 0 bridgehead atoms. The Morgan fingerprint density at radius 3 is 2.37 bits per heavy atom. The lowest BCUT2D eigenvalue weighted by atomic mass is 10.0. The smallest absolute Gasteiger partial charge is 0.186 e. The zero-order valence-electron chi connectivity index (χ0n) is 11.6. The van der Waals surface area contributed by atoms with Crippen LogP contribution >= 0.6 is 0 Å². The van der Waals surface area contributed by atoms with E-state index in [2.05, 4.69) is 0 Å². The SMILES string of the molecule is Cc1ccc(C(=O)/C=C/c2ccccc2C)c(C)c1. The van der Waals surface area contributed by atoms with Crippen LogP contribution in [0, 0.1) is 20.8 Å². The predicted molar refractivity (Wildman–Crippen MR) is 80.5 cm³/mol. The van der Waals surface area contributed by atoms with E-state index in [9.17, 15) is 4.79 Å². The Balaban J connectivity index is 2.24. The quantitative estimate of drug-likeness (QED) is 0.578. The minimum atomic E-state index is 0.0563. The van der Waals surface area contributed by atoms with Crippen molar-refractivity contribution < 1.29 is 4.79 Å². The molecular weight excluding hydrogens is 232 g/mol. The molecule has 0 spiro atoms.